The van der Waals surface area contributed by atoms with Gasteiger partial charge in [-0.2, -0.15) is 4.98 Å². The molecule has 3 aromatic rings. The van der Waals surface area contributed by atoms with Crippen LogP contribution in [-0.2, 0) is 9.84 Å². The van der Waals surface area contributed by atoms with Crippen LogP contribution in [0.3, 0.4) is 0 Å². The predicted molar refractivity (Wildman–Crippen MR) is 159 cm³/mol. The van der Waals surface area contributed by atoms with Crippen LogP contribution in [-0.4, -0.2) is 60.8 Å². The molecule has 4 rings (SSSR count). The van der Waals surface area contributed by atoms with E-state index in [-0.39, 0.29) is 9.92 Å². The van der Waals surface area contributed by atoms with Crippen molar-refractivity contribution in [3.8, 4) is 0 Å². The third-order valence-corrected chi connectivity index (χ3v) is 8.83. The second kappa shape index (κ2) is 13.3. The highest BCUT2D eigenvalue weighted by atomic mass is 35.5. The van der Waals surface area contributed by atoms with Crippen molar-refractivity contribution < 1.29 is 8.42 Å². The molecular formula is C28H39ClN6O2S. The van der Waals surface area contributed by atoms with Crippen LogP contribution in [0.25, 0.3) is 0 Å². The molecule has 1 aliphatic rings. The highest BCUT2D eigenvalue weighted by molar-refractivity contribution is 7.92. The van der Waals surface area contributed by atoms with Crippen LogP contribution in [0.15, 0.2) is 59.6 Å². The zero-order valence-electron chi connectivity index (χ0n) is 23.1. The summed E-state index contributed by atoms with van der Waals surface area (Å²) in [6.45, 7) is 15.9. The number of benzene rings is 2. The first-order chi connectivity index (χ1) is 18.1. The summed E-state index contributed by atoms with van der Waals surface area (Å²) in [5, 5.41) is 6.02. The van der Waals surface area contributed by atoms with Crippen molar-refractivity contribution in [2.45, 2.75) is 57.7 Å². The Labute approximate surface area is 232 Å². The zero-order chi connectivity index (χ0) is 27.9. The summed E-state index contributed by atoms with van der Waals surface area (Å²) in [4.78, 5) is 13.9. The SMILES string of the molecule is CC.CC(C)N1CCN(c2ccc(Nc3ncc(Cl)c(Nc4ccccc4S(=O)(=O)C(C)C)n3)cc2)CC1. The van der Waals surface area contributed by atoms with Gasteiger partial charge in [0.25, 0.3) is 0 Å². The average molecular weight is 559 g/mol. The number of para-hydroxylation sites is 1. The largest absolute Gasteiger partial charge is 0.369 e. The highest BCUT2D eigenvalue weighted by Gasteiger charge is 2.23. The Kier molecular flexibility index (Phi) is 10.4. The van der Waals surface area contributed by atoms with Crippen molar-refractivity contribution in [1.29, 1.82) is 0 Å². The fourth-order valence-electron chi connectivity index (χ4n) is 4.10. The van der Waals surface area contributed by atoms with Crippen molar-refractivity contribution in [2.24, 2.45) is 0 Å². The lowest BCUT2D eigenvalue weighted by Crippen LogP contribution is -2.48. The Balaban J connectivity index is 0.00000195. The molecule has 1 aliphatic heterocycles. The summed E-state index contributed by atoms with van der Waals surface area (Å²) in [5.41, 5.74) is 2.45. The van der Waals surface area contributed by atoms with E-state index in [0.29, 0.717) is 23.5 Å². The lowest BCUT2D eigenvalue weighted by Gasteiger charge is -2.38. The van der Waals surface area contributed by atoms with Gasteiger partial charge >= 0.3 is 0 Å². The number of anilines is 5. The highest BCUT2D eigenvalue weighted by Crippen LogP contribution is 2.30. The van der Waals surface area contributed by atoms with Gasteiger partial charge in [-0.15, -0.1) is 0 Å². The number of nitrogens with one attached hydrogen (secondary N) is 2. The number of nitrogens with zero attached hydrogens (tertiary/aromatic N) is 4. The number of piperazine rings is 1. The van der Waals surface area contributed by atoms with Gasteiger partial charge in [-0.25, -0.2) is 13.4 Å². The first kappa shape index (κ1) is 29.7. The van der Waals surface area contributed by atoms with E-state index in [1.165, 1.54) is 11.9 Å². The number of sulfone groups is 1. The summed E-state index contributed by atoms with van der Waals surface area (Å²) in [6, 6.07) is 15.5. The molecule has 1 aromatic heterocycles. The number of hydrogen-bond acceptors (Lipinski definition) is 8. The van der Waals surface area contributed by atoms with Gasteiger partial charge in [0.2, 0.25) is 5.95 Å². The monoisotopic (exact) mass is 558 g/mol. The standard InChI is InChI=1S/C26H33ClN6O2S.C2H6/c1-18(2)32-13-15-33(16-14-32)21-11-9-20(10-12-21)29-26-28-17-22(27)25(31-26)30-23-7-5-6-8-24(23)36(34,35)19(3)4;1-2/h5-12,17-19H,13-16H2,1-4H3,(H2,28,29,30,31);1-2H3. The van der Waals surface area contributed by atoms with Gasteiger partial charge in [-0.1, -0.05) is 37.6 Å². The molecule has 0 spiro atoms. The summed E-state index contributed by atoms with van der Waals surface area (Å²) in [7, 11) is -3.49. The summed E-state index contributed by atoms with van der Waals surface area (Å²) in [6.07, 6.45) is 1.49. The van der Waals surface area contributed by atoms with Crippen LogP contribution in [0.5, 0.6) is 0 Å². The summed E-state index contributed by atoms with van der Waals surface area (Å²) >= 11 is 6.34. The van der Waals surface area contributed by atoms with Crippen molar-refractivity contribution in [3.63, 3.8) is 0 Å². The molecule has 0 atom stereocenters. The maximum Gasteiger partial charge on any atom is 0.229 e. The Bertz CT molecular complexity index is 1290. The fourth-order valence-corrected chi connectivity index (χ4v) is 5.44. The maximum absolute atomic E-state index is 12.8. The Morgan fingerprint density at radius 2 is 1.53 bits per heavy atom. The minimum Gasteiger partial charge on any atom is -0.369 e. The van der Waals surface area contributed by atoms with Crippen LogP contribution in [0, 0.1) is 0 Å². The van der Waals surface area contributed by atoms with Gasteiger partial charge in [0.05, 0.1) is 22.0 Å². The van der Waals surface area contributed by atoms with E-state index >= 15 is 0 Å². The molecular weight excluding hydrogens is 520 g/mol. The Morgan fingerprint density at radius 1 is 0.895 bits per heavy atom. The minimum atomic E-state index is -3.49. The van der Waals surface area contributed by atoms with Gasteiger partial charge in [-0.05, 0) is 64.1 Å². The quantitative estimate of drug-likeness (QED) is 0.330. The smallest absolute Gasteiger partial charge is 0.229 e. The van der Waals surface area contributed by atoms with Crippen LogP contribution in [0.4, 0.5) is 28.8 Å². The molecule has 0 unspecified atom stereocenters. The van der Waals surface area contributed by atoms with Gasteiger partial charge in [0, 0.05) is 43.6 Å². The van der Waals surface area contributed by atoms with Crippen LogP contribution in [0.2, 0.25) is 5.02 Å². The molecule has 1 fully saturated rings. The third-order valence-electron chi connectivity index (χ3n) is 6.34. The van der Waals surface area contributed by atoms with Gasteiger partial charge < -0.3 is 15.5 Å². The maximum atomic E-state index is 12.8. The van der Waals surface area contributed by atoms with Gasteiger partial charge in [-0.3, -0.25) is 4.90 Å². The summed E-state index contributed by atoms with van der Waals surface area (Å²) in [5.74, 6) is 0.671. The molecule has 0 amide bonds. The molecule has 0 aliphatic carbocycles. The fraction of sp³-hybridized carbons (Fsp3) is 0.429. The molecule has 2 aromatic carbocycles. The predicted octanol–water partition coefficient (Wildman–Crippen LogP) is 6.36. The van der Waals surface area contributed by atoms with E-state index in [0.717, 1.165) is 31.9 Å². The zero-order valence-corrected chi connectivity index (χ0v) is 24.6. The number of rotatable bonds is 8. The first-order valence-electron chi connectivity index (χ1n) is 13.1. The normalized spacial score (nSPS) is 14.3. The molecule has 8 nitrogen and oxygen atoms in total. The number of aromatic nitrogens is 2. The topological polar surface area (TPSA) is 90.5 Å². The van der Waals surface area contributed by atoms with E-state index in [9.17, 15) is 8.42 Å². The van der Waals surface area contributed by atoms with Crippen molar-refractivity contribution >= 4 is 50.3 Å². The van der Waals surface area contributed by atoms with Crippen molar-refractivity contribution in [2.75, 3.05) is 41.7 Å². The molecule has 1 saturated heterocycles. The van der Waals surface area contributed by atoms with Crippen molar-refractivity contribution in [1.82, 2.24) is 14.9 Å². The number of halogens is 1. The van der Waals surface area contributed by atoms with Gasteiger partial charge in [0.1, 0.15) is 5.02 Å². The van der Waals surface area contributed by atoms with Crippen molar-refractivity contribution in [3.05, 3.63) is 59.8 Å². The molecule has 38 heavy (non-hydrogen) atoms. The molecule has 2 heterocycles. The number of hydrogen-bond donors (Lipinski definition) is 2. The molecule has 206 valence electrons. The minimum absolute atomic E-state index is 0.203. The second-order valence-electron chi connectivity index (χ2n) is 9.39. The van der Waals surface area contributed by atoms with E-state index in [1.54, 1.807) is 38.1 Å². The van der Waals surface area contributed by atoms with Gasteiger partial charge in [0.15, 0.2) is 15.7 Å². The third kappa shape index (κ3) is 7.15. The molecule has 0 radical (unpaired) electrons. The lowest BCUT2D eigenvalue weighted by molar-refractivity contribution is 0.209. The van der Waals surface area contributed by atoms with E-state index in [1.807, 2.05) is 26.0 Å². The molecule has 2 N–H and O–H groups in total. The summed E-state index contributed by atoms with van der Waals surface area (Å²) < 4.78 is 25.6. The van der Waals surface area contributed by atoms with Crippen LogP contribution < -0.4 is 15.5 Å². The van der Waals surface area contributed by atoms with E-state index in [4.69, 9.17) is 11.6 Å². The van der Waals surface area contributed by atoms with Crippen LogP contribution >= 0.6 is 11.6 Å². The molecule has 0 saturated carbocycles. The molecule has 0 bridgehead atoms. The second-order valence-corrected chi connectivity index (χ2v) is 12.3. The van der Waals surface area contributed by atoms with E-state index < -0.39 is 15.1 Å². The first-order valence-corrected chi connectivity index (χ1v) is 15.1. The Hall–Kier alpha value is -2.88. The lowest BCUT2D eigenvalue weighted by atomic mass is 10.2. The molecule has 10 heteroatoms. The Morgan fingerprint density at radius 3 is 2.13 bits per heavy atom. The average Bonchev–Trinajstić information content (AvgIpc) is 2.92. The van der Waals surface area contributed by atoms with E-state index in [2.05, 4.69) is 56.4 Å². The van der Waals surface area contributed by atoms with Crippen LogP contribution in [0.1, 0.15) is 41.5 Å².